The first-order valence-corrected chi connectivity index (χ1v) is 10.5. The lowest BCUT2D eigenvalue weighted by molar-refractivity contribution is -0.0409. The second-order valence-corrected chi connectivity index (χ2v) is 8.24. The van der Waals surface area contributed by atoms with Crippen molar-refractivity contribution < 1.29 is 23.2 Å². The van der Waals surface area contributed by atoms with Crippen molar-refractivity contribution >= 4 is 51.0 Å². The second-order valence-electron chi connectivity index (χ2n) is 7.00. The van der Waals surface area contributed by atoms with Gasteiger partial charge in [-0.3, -0.25) is 9.82 Å². The van der Waals surface area contributed by atoms with E-state index >= 15 is 0 Å². The average Bonchev–Trinajstić information content (AvgIpc) is 3.06. The standard InChI is InChI=1S/C20H20FIN4O4/c1-26-8-5-13(6-9-26)30-25-20(27)29-19-18(14-11-23-7-4-17(14)28-19)24-16-3-2-12(22)10-15(16)21/h2-4,7,10-11,13,24H,5-6,8-9H2,1H3,(H,25,27). The van der Waals surface area contributed by atoms with Gasteiger partial charge in [-0.1, -0.05) is 0 Å². The normalized spacial score (nSPS) is 15.3. The third-order valence-corrected chi connectivity index (χ3v) is 5.48. The molecule has 3 heterocycles. The van der Waals surface area contributed by atoms with Gasteiger partial charge in [0.2, 0.25) is 0 Å². The number of hydrogen-bond donors (Lipinski definition) is 2. The molecule has 2 N–H and O–H groups in total. The van der Waals surface area contributed by atoms with Crippen molar-refractivity contribution in [2.45, 2.75) is 18.9 Å². The van der Waals surface area contributed by atoms with Crippen LogP contribution in [0, 0.1) is 9.39 Å². The summed E-state index contributed by atoms with van der Waals surface area (Å²) in [5, 5.41) is 3.49. The van der Waals surface area contributed by atoms with Crippen molar-refractivity contribution in [3.8, 4) is 5.95 Å². The maximum absolute atomic E-state index is 14.3. The fourth-order valence-corrected chi connectivity index (χ4v) is 3.63. The smallest absolute Gasteiger partial charge is 0.424 e. The summed E-state index contributed by atoms with van der Waals surface area (Å²) in [7, 11) is 2.04. The molecule has 0 radical (unpaired) electrons. The van der Waals surface area contributed by atoms with E-state index in [1.54, 1.807) is 30.6 Å². The number of pyridine rings is 1. The minimum Gasteiger partial charge on any atom is -0.424 e. The maximum Gasteiger partial charge on any atom is 0.439 e. The number of carbonyl (C=O) groups is 1. The molecular weight excluding hydrogens is 506 g/mol. The number of piperidine rings is 1. The van der Waals surface area contributed by atoms with Gasteiger partial charge in [0.25, 0.3) is 0 Å². The van der Waals surface area contributed by atoms with E-state index in [-0.39, 0.29) is 17.7 Å². The molecule has 1 fully saturated rings. The summed E-state index contributed by atoms with van der Waals surface area (Å²) >= 11 is 2.03. The van der Waals surface area contributed by atoms with E-state index in [1.165, 1.54) is 6.07 Å². The van der Waals surface area contributed by atoms with Gasteiger partial charge in [0.05, 0.1) is 17.2 Å². The number of benzene rings is 1. The summed E-state index contributed by atoms with van der Waals surface area (Å²) in [4.78, 5) is 24.0. The molecule has 3 aromatic rings. The fourth-order valence-electron chi connectivity index (χ4n) is 3.17. The quantitative estimate of drug-likeness (QED) is 0.376. The molecule has 1 aromatic carbocycles. The molecule has 0 bridgehead atoms. The molecule has 0 saturated carbocycles. The maximum atomic E-state index is 14.3. The molecule has 1 aliphatic rings. The molecule has 1 amide bonds. The highest BCUT2D eigenvalue weighted by molar-refractivity contribution is 14.1. The molecule has 10 heteroatoms. The van der Waals surface area contributed by atoms with Crippen LogP contribution in [0.4, 0.5) is 20.6 Å². The number of halogens is 2. The largest absolute Gasteiger partial charge is 0.439 e. The van der Waals surface area contributed by atoms with Gasteiger partial charge in [-0.25, -0.2) is 9.18 Å². The van der Waals surface area contributed by atoms with E-state index in [1.807, 2.05) is 29.6 Å². The number of aromatic nitrogens is 1. The van der Waals surface area contributed by atoms with E-state index in [0.717, 1.165) is 29.5 Å². The van der Waals surface area contributed by atoms with E-state index in [2.05, 4.69) is 20.7 Å². The van der Waals surface area contributed by atoms with E-state index < -0.39 is 11.9 Å². The van der Waals surface area contributed by atoms with Gasteiger partial charge in [0.1, 0.15) is 17.1 Å². The highest BCUT2D eigenvalue weighted by Gasteiger charge is 2.22. The number of rotatable bonds is 5. The van der Waals surface area contributed by atoms with Crippen LogP contribution in [0.1, 0.15) is 12.8 Å². The molecule has 1 aliphatic heterocycles. The van der Waals surface area contributed by atoms with Crippen molar-refractivity contribution in [1.82, 2.24) is 15.4 Å². The number of furan rings is 1. The first-order chi connectivity index (χ1) is 14.5. The first-order valence-electron chi connectivity index (χ1n) is 9.40. The van der Waals surface area contributed by atoms with Gasteiger partial charge >= 0.3 is 12.0 Å². The molecule has 8 nitrogen and oxygen atoms in total. The number of amides is 1. The Balaban J connectivity index is 1.50. The summed E-state index contributed by atoms with van der Waals surface area (Å²) < 4.78 is 26.0. The summed E-state index contributed by atoms with van der Waals surface area (Å²) in [6, 6.07) is 6.38. The van der Waals surface area contributed by atoms with Gasteiger partial charge in [-0.2, -0.15) is 5.48 Å². The third-order valence-electron chi connectivity index (χ3n) is 4.81. The molecule has 4 rings (SSSR count). The number of nitrogens with zero attached hydrogens (tertiary/aromatic N) is 2. The van der Waals surface area contributed by atoms with Crippen molar-refractivity contribution in [3.63, 3.8) is 0 Å². The zero-order chi connectivity index (χ0) is 21.1. The molecule has 30 heavy (non-hydrogen) atoms. The topological polar surface area (TPSA) is 88.9 Å². The third kappa shape index (κ3) is 4.82. The Bertz CT molecular complexity index is 1050. The van der Waals surface area contributed by atoms with Crippen LogP contribution < -0.4 is 15.5 Å². The average molecular weight is 526 g/mol. The lowest BCUT2D eigenvalue weighted by Gasteiger charge is -2.28. The lowest BCUT2D eigenvalue weighted by Crippen LogP contribution is -2.39. The number of nitrogens with one attached hydrogen (secondary N) is 2. The van der Waals surface area contributed by atoms with Crippen molar-refractivity contribution in [2.24, 2.45) is 0 Å². The Labute approximate surface area is 185 Å². The Kier molecular flexibility index (Phi) is 6.35. The number of fused-ring (bicyclic) bond motifs is 1. The summed E-state index contributed by atoms with van der Waals surface area (Å²) in [5.74, 6) is -0.554. The number of carbonyl (C=O) groups excluding carboxylic acids is 1. The lowest BCUT2D eigenvalue weighted by atomic mass is 10.1. The van der Waals surface area contributed by atoms with Gasteiger partial charge in [0, 0.05) is 29.1 Å². The van der Waals surface area contributed by atoms with Crippen LogP contribution in [0.5, 0.6) is 5.95 Å². The number of hydroxylamine groups is 1. The molecule has 0 spiro atoms. The molecule has 158 valence electrons. The van der Waals surface area contributed by atoms with Gasteiger partial charge in [-0.05, 0) is 66.7 Å². The SMILES string of the molecule is CN1CCC(ONC(=O)Oc2oc3ccncc3c2Nc2ccc(I)cc2F)CC1. The predicted molar refractivity (Wildman–Crippen MR) is 117 cm³/mol. The Hall–Kier alpha value is -2.44. The minimum absolute atomic E-state index is 0.0768. The molecule has 0 aliphatic carbocycles. The van der Waals surface area contributed by atoms with Crippen LogP contribution in [-0.2, 0) is 4.84 Å². The zero-order valence-electron chi connectivity index (χ0n) is 16.2. The monoisotopic (exact) mass is 526 g/mol. The molecule has 2 aromatic heterocycles. The first kappa shape index (κ1) is 20.8. The molecule has 1 saturated heterocycles. The van der Waals surface area contributed by atoms with E-state index in [4.69, 9.17) is 14.0 Å². The molecular formula is C20H20FIN4O4. The molecule has 0 unspecified atom stereocenters. The van der Waals surface area contributed by atoms with Crippen LogP contribution in [-0.4, -0.2) is 42.2 Å². The van der Waals surface area contributed by atoms with Crippen LogP contribution in [0.3, 0.4) is 0 Å². The number of hydrogen-bond acceptors (Lipinski definition) is 7. The zero-order valence-corrected chi connectivity index (χ0v) is 18.3. The Morgan fingerprint density at radius 1 is 1.33 bits per heavy atom. The number of anilines is 2. The Morgan fingerprint density at radius 2 is 2.13 bits per heavy atom. The van der Waals surface area contributed by atoms with Gasteiger partial charge in [-0.15, -0.1) is 0 Å². The van der Waals surface area contributed by atoms with Crippen molar-refractivity contribution in [1.29, 1.82) is 0 Å². The van der Waals surface area contributed by atoms with Gasteiger partial charge < -0.3 is 19.4 Å². The van der Waals surface area contributed by atoms with Crippen molar-refractivity contribution in [2.75, 3.05) is 25.5 Å². The molecule has 0 atom stereocenters. The predicted octanol–water partition coefficient (Wildman–Crippen LogP) is 4.43. The van der Waals surface area contributed by atoms with Crippen LogP contribution >= 0.6 is 22.6 Å². The van der Waals surface area contributed by atoms with Gasteiger partial charge in [0.15, 0.2) is 0 Å². The van der Waals surface area contributed by atoms with Crippen molar-refractivity contribution in [3.05, 3.63) is 46.0 Å². The summed E-state index contributed by atoms with van der Waals surface area (Å²) in [6.07, 6.45) is 3.82. The highest BCUT2D eigenvalue weighted by Crippen LogP contribution is 2.39. The fraction of sp³-hybridized carbons (Fsp3) is 0.300. The van der Waals surface area contributed by atoms with Crippen LogP contribution in [0.15, 0.2) is 41.1 Å². The minimum atomic E-state index is -0.827. The summed E-state index contributed by atoms with van der Waals surface area (Å²) in [5.41, 5.74) is 3.27. The Morgan fingerprint density at radius 3 is 2.90 bits per heavy atom. The van der Waals surface area contributed by atoms with E-state index in [0.29, 0.717) is 16.7 Å². The number of ether oxygens (including phenoxy) is 1. The van der Waals surface area contributed by atoms with Crippen LogP contribution in [0.25, 0.3) is 11.0 Å². The van der Waals surface area contributed by atoms with Crippen LogP contribution in [0.2, 0.25) is 0 Å². The highest BCUT2D eigenvalue weighted by atomic mass is 127. The second kappa shape index (κ2) is 9.14. The van der Waals surface area contributed by atoms with E-state index in [9.17, 15) is 9.18 Å². The summed E-state index contributed by atoms with van der Waals surface area (Å²) in [6.45, 7) is 1.79. The number of likely N-dealkylation sites (tertiary alicyclic amines) is 1.